The Balaban J connectivity index is 1.83. The molecular formula is C13H25N3O2S. The molecule has 6 heteroatoms. The van der Waals surface area contributed by atoms with Gasteiger partial charge in [-0.3, -0.25) is 4.99 Å². The number of hydrogen-bond acceptors (Lipinski definition) is 3. The van der Waals surface area contributed by atoms with Crippen LogP contribution >= 0.6 is 0 Å². The van der Waals surface area contributed by atoms with Crippen molar-refractivity contribution in [1.29, 1.82) is 0 Å². The van der Waals surface area contributed by atoms with Gasteiger partial charge < -0.3 is 10.2 Å². The summed E-state index contributed by atoms with van der Waals surface area (Å²) in [6.45, 7) is 5.08. The van der Waals surface area contributed by atoms with Gasteiger partial charge in [-0.2, -0.15) is 0 Å². The molecule has 110 valence electrons. The van der Waals surface area contributed by atoms with Crippen molar-refractivity contribution in [3.05, 3.63) is 0 Å². The van der Waals surface area contributed by atoms with E-state index in [1.54, 1.807) is 7.05 Å². The first kappa shape index (κ1) is 14.6. The van der Waals surface area contributed by atoms with Gasteiger partial charge >= 0.3 is 0 Å². The minimum absolute atomic E-state index is 0.240. The summed E-state index contributed by atoms with van der Waals surface area (Å²) in [5, 5.41) is 3.35. The lowest BCUT2D eigenvalue weighted by molar-refractivity contribution is 0.265. The summed E-state index contributed by atoms with van der Waals surface area (Å²) in [4.78, 5) is 6.61. The zero-order chi connectivity index (χ0) is 13.9. The number of guanidine groups is 1. The molecule has 2 atom stereocenters. The molecule has 2 fully saturated rings. The highest BCUT2D eigenvalue weighted by Gasteiger charge is 2.28. The van der Waals surface area contributed by atoms with E-state index in [0.29, 0.717) is 17.4 Å². The molecule has 5 nitrogen and oxygen atoms in total. The number of likely N-dealkylation sites (tertiary alicyclic amines) is 1. The van der Waals surface area contributed by atoms with Crippen LogP contribution in [0.15, 0.2) is 4.99 Å². The molecule has 0 amide bonds. The average molecular weight is 287 g/mol. The van der Waals surface area contributed by atoms with Gasteiger partial charge in [0, 0.05) is 26.7 Å². The summed E-state index contributed by atoms with van der Waals surface area (Å²) in [6.07, 6.45) is 3.27. The predicted octanol–water partition coefficient (Wildman–Crippen LogP) is 0.728. The molecule has 0 bridgehead atoms. The zero-order valence-electron chi connectivity index (χ0n) is 11.9. The van der Waals surface area contributed by atoms with E-state index < -0.39 is 9.84 Å². The van der Waals surface area contributed by atoms with Gasteiger partial charge in [-0.1, -0.05) is 6.92 Å². The second-order valence-electron chi connectivity index (χ2n) is 5.89. The lowest BCUT2D eigenvalue weighted by Crippen LogP contribution is -2.47. The van der Waals surface area contributed by atoms with Gasteiger partial charge in [-0.05, 0) is 31.1 Å². The molecule has 0 radical (unpaired) electrons. The standard InChI is InChI=1S/C13H25N3O2S/c1-11-4-3-6-16(9-11)13(14-2)15-8-12-5-7-19(17,18)10-12/h11-12H,3-10H2,1-2H3,(H,14,15). The summed E-state index contributed by atoms with van der Waals surface area (Å²) in [5.74, 6) is 2.55. The van der Waals surface area contributed by atoms with Crippen LogP contribution in [-0.4, -0.2) is 57.5 Å². The monoisotopic (exact) mass is 287 g/mol. The maximum absolute atomic E-state index is 11.4. The van der Waals surface area contributed by atoms with Crippen LogP contribution < -0.4 is 5.32 Å². The topological polar surface area (TPSA) is 61.8 Å². The van der Waals surface area contributed by atoms with Crippen molar-refractivity contribution in [3.8, 4) is 0 Å². The van der Waals surface area contributed by atoms with Crippen LogP contribution in [0, 0.1) is 11.8 Å². The highest BCUT2D eigenvalue weighted by molar-refractivity contribution is 7.91. The van der Waals surface area contributed by atoms with Crippen molar-refractivity contribution in [3.63, 3.8) is 0 Å². The Hall–Kier alpha value is -0.780. The van der Waals surface area contributed by atoms with Crippen LogP contribution in [0.3, 0.4) is 0 Å². The highest BCUT2D eigenvalue weighted by Crippen LogP contribution is 2.18. The Morgan fingerprint density at radius 1 is 1.42 bits per heavy atom. The molecule has 0 aromatic rings. The molecule has 1 N–H and O–H groups in total. The fraction of sp³-hybridized carbons (Fsp3) is 0.923. The first-order chi connectivity index (χ1) is 9.00. The second kappa shape index (κ2) is 6.11. The number of rotatable bonds is 2. The number of nitrogens with zero attached hydrogens (tertiary/aromatic N) is 2. The van der Waals surface area contributed by atoms with Crippen molar-refractivity contribution in [1.82, 2.24) is 10.2 Å². The SMILES string of the molecule is CN=C(NCC1CCS(=O)(=O)C1)N1CCCC(C)C1. The van der Waals surface area contributed by atoms with Gasteiger partial charge in [-0.15, -0.1) is 0 Å². The quantitative estimate of drug-likeness (QED) is 0.601. The average Bonchev–Trinajstić information content (AvgIpc) is 2.70. The summed E-state index contributed by atoms with van der Waals surface area (Å²) in [7, 11) is -0.979. The third kappa shape index (κ3) is 4.09. The number of hydrogen-bond donors (Lipinski definition) is 1. The van der Waals surface area contributed by atoms with Gasteiger partial charge in [0.05, 0.1) is 11.5 Å². The first-order valence-corrected chi connectivity index (χ1v) is 8.98. The van der Waals surface area contributed by atoms with Crippen LogP contribution in [-0.2, 0) is 9.84 Å². The Morgan fingerprint density at radius 2 is 2.21 bits per heavy atom. The lowest BCUT2D eigenvalue weighted by atomic mass is 10.0. The van der Waals surface area contributed by atoms with Crippen LogP contribution in [0.1, 0.15) is 26.2 Å². The molecule has 0 spiro atoms. The van der Waals surface area contributed by atoms with Crippen LogP contribution in [0.5, 0.6) is 0 Å². The normalized spacial score (nSPS) is 31.5. The number of aliphatic imine (C=N–C) groups is 1. The predicted molar refractivity (Wildman–Crippen MR) is 78.1 cm³/mol. The van der Waals surface area contributed by atoms with E-state index in [0.717, 1.165) is 32.0 Å². The van der Waals surface area contributed by atoms with Crippen molar-refractivity contribution in [2.75, 3.05) is 38.2 Å². The van der Waals surface area contributed by atoms with E-state index in [1.165, 1.54) is 12.8 Å². The molecule has 2 unspecified atom stereocenters. The molecule has 0 aliphatic carbocycles. The third-order valence-corrected chi connectivity index (χ3v) is 5.88. The maximum atomic E-state index is 11.4. The minimum Gasteiger partial charge on any atom is -0.356 e. The molecule has 2 aliphatic rings. The van der Waals surface area contributed by atoms with Gasteiger partial charge in [0.25, 0.3) is 0 Å². The van der Waals surface area contributed by atoms with E-state index >= 15 is 0 Å². The lowest BCUT2D eigenvalue weighted by Gasteiger charge is -2.33. The first-order valence-electron chi connectivity index (χ1n) is 7.16. The molecule has 0 aromatic carbocycles. The second-order valence-corrected chi connectivity index (χ2v) is 8.12. The van der Waals surface area contributed by atoms with Gasteiger partial charge in [0.15, 0.2) is 15.8 Å². The largest absolute Gasteiger partial charge is 0.356 e. The van der Waals surface area contributed by atoms with Crippen LogP contribution in [0.25, 0.3) is 0 Å². The molecule has 0 aromatic heterocycles. The van der Waals surface area contributed by atoms with E-state index in [-0.39, 0.29) is 5.92 Å². The molecule has 0 saturated carbocycles. The molecule has 2 rings (SSSR count). The molecule has 2 saturated heterocycles. The van der Waals surface area contributed by atoms with Crippen LogP contribution in [0.2, 0.25) is 0 Å². The van der Waals surface area contributed by atoms with E-state index in [9.17, 15) is 8.42 Å². The summed E-state index contributed by atoms with van der Waals surface area (Å²) in [6, 6.07) is 0. The maximum Gasteiger partial charge on any atom is 0.193 e. The number of sulfone groups is 1. The minimum atomic E-state index is -2.78. The van der Waals surface area contributed by atoms with E-state index in [1.807, 2.05) is 0 Å². The zero-order valence-corrected chi connectivity index (χ0v) is 12.7. The van der Waals surface area contributed by atoms with E-state index in [4.69, 9.17) is 0 Å². The van der Waals surface area contributed by atoms with Crippen LogP contribution in [0.4, 0.5) is 0 Å². The number of piperidine rings is 1. The Kier molecular flexibility index (Phi) is 4.71. The fourth-order valence-electron chi connectivity index (χ4n) is 2.98. The van der Waals surface area contributed by atoms with Crippen molar-refractivity contribution in [2.45, 2.75) is 26.2 Å². The van der Waals surface area contributed by atoms with Crippen molar-refractivity contribution in [2.24, 2.45) is 16.8 Å². The van der Waals surface area contributed by atoms with Crippen molar-refractivity contribution >= 4 is 15.8 Å². The summed E-state index contributed by atoms with van der Waals surface area (Å²) < 4.78 is 22.9. The molecule has 19 heavy (non-hydrogen) atoms. The summed E-state index contributed by atoms with van der Waals surface area (Å²) in [5.41, 5.74) is 0. The smallest absolute Gasteiger partial charge is 0.193 e. The van der Waals surface area contributed by atoms with Gasteiger partial charge in [0.2, 0.25) is 0 Å². The summed E-state index contributed by atoms with van der Waals surface area (Å²) >= 11 is 0. The third-order valence-electron chi connectivity index (χ3n) is 4.04. The Morgan fingerprint density at radius 3 is 2.79 bits per heavy atom. The molecular weight excluding hydrogens is 262 g/mol. The number of nitrogens with one attached hydrogen (secondary N) is 1. The Labute approximate surface area is 116 Å². The van der Waals surface area contributed by atoms with Crippen molar-refractivity contribution < 1.29 is 8.42 Å². The Bertz CT molecular complexity index is 433. The fourth-order valence-corrected chi connectivity index (χ4v) is 4.84. The van der Waals surface area contributed by atoms with Gasteiger partial charge in [0.1, 0.15) is 0 Å². The molecule has 2 heterocycles. The molecule has 2 aliphatic heterocycles. The highest BCUT2D eigenvalue weighted by atomic mass is 32.2. The van der Waals surface area contributed by atoms with Gasteiger partial charge in [-0.25, -0.2) is 8.42 Å². The van der Waals surface area contributed by atoms with E-state index in [2.05, 4.69) is 22.1 Å².